The summed E-state index contributed by atoms with van der Waals surface area (Å²) in [6.07, 6.45) is -4.42. The number of benzene rings is 3. The quantitative estimate of drug-likeness (QED) is 0.277. The van der Waals surface area contributed by atoms with Gasteiger partial charge in [0.25, 0.3) is 5.91 Å². The molecule has 0 N–H and O–H groups in total. The number of nitrogens with zero attached hydrogens (tertiary/aromatic N) is 4. The van der Waals surface area contributed by atoms with E-state index in [1.807, 2.05) is 11.0 Å². The molecule has 0 unspecified atom stereocenters. The lowest BCUT2D eigenvalue weighted by molar-refractivity contribution is -0.137. The summed E-state index contributed by atoms with van der Waals surface area (Å²) in [6, 6.07) is 19.3. The van der Waals surface area contributed by atoms with Crippen molar-refractivity contribution in [2.24, 2.45) is 0 Å². The van der Waals surface area contributed by atoms with Gasteiger partial charge in [-0.05, 0) is 60.7 Å². The van der Waals surface area contributed by atoms with Crippen molar-refractivity contribution in [3.05, 3.63) is 89.1 Å². The van der Waals surface area contributed by atoms with Crippen LogP contribution in [0.1, 0.15) is 16.1 Å². The van der Waals surface area contributed by atoms with Gasteiger partial charge in [-0.2, -0.15) is 18.3 Å². The Balaban J connectivity index is 1.43. The normalized spacial score (nSPS) is 13.8. The van der Waals surface area contributed by atoms with Crippen molar-refractivity contribution in [3.63, 3.8) is 0 Å². The number of anilines is 1. The van der Waals surface area contributed by atoms with Crippen molar-refractivity contribution in [1.82, 2.24) is 14.7 Å². The smallest absolute Gasteiger partial charge is 0.416 e. The highest BCUT2D eigenvalue weighted by Gasteiger charge is 2.32. The molecule has 0 aliphatic carbocycles. The molecule has 0 atom stereocenters. The van der Waals surface area contributed by atoms with Crippen LogP contribution in [0.3, 0.4) is 0 Å². The van der Waals surface area contributed by atoms with E-state index in [1.54, 1.807) is 72.3 Å². The number of rotatable bonds is 6. The van der Waals surface area contributed by atoms with E-state index in [2.05, 4.69) is 0 Å². The lowest BCUT2D eigenvalue weighted by Crippen LogP contribution is -2.49. The topological polar surface area (TPSA) is 59.8 Å². The van der Waals surface area contributed by atoms with E-state index < -0.39 is 11.7 Å². The number of amides is 1. The number of hydrogen-bond acceptors (Lipinski definition) is 5. The summed E-state index contributed by atoms with van der Waals surface area (Å²) >= 11 is 6.09. The van der Waals surface area contributed by atoms with Gasteiger partial charge in [0, 0.05) is 48.5 Å². The molecule has 5 rings (SSSR count). The molecule has 0 radical (unpaired) electrons. The van der Waals surface area contributed by atoms with E-state index in [0.717, 1.165) is 12.1 Å². The van der Waals surface area contributed by atoms with Crippen LogP contribution in [0.25, 0.3) is 16.9 Å². The van der Waals surface area contributed by atoms with Gasteiger partial charge < -0.3 is 19.3 Å². The zero-order valence-corrected chi connectivity index (χ0v) is 22.5. The first-order valence-electron chi connectivity index (χ1n) is 12.5. The van der Waals surface area contributed by atoms with Crippen LogP contribution in [0.15, 0.2) is 72.8 Å². The summed E-state index contributed by atoms with van der Waals surface area (Å²) < 4.78 is 52.0. The van der Waals surface area contributed by atoms with Crippen LogP contribution in [-0.2, 0) is 6.18 Å². The van der Waals surface area contributed by atoms with E-state index in [-0.39, 0.29) is 5.91 Å². The molecule has 0 bridgehead atoms. The van der Waals surface area contributed by atoms with Gasteiger partial charge in [0.15, 0.2) is 0 Å². The molecule has 7 nitrogen and oxygen atoms in total. The Hall–Kier alpha value is -4.18. The maximum absolute atomic E-state index is 13.8. The Bertz CT molecular complexity index is 1510. The maximum atomic E-state index is 13.8. The highest BCUT2D eigenvalue weighted by atomic mass is 35.5. The molecule has 1 aliphatic rings. The van der Waals surface area contributed by atoms with Gasteiger partial charge in [0.05, 0.1) is 31.2 Å². The van der Waals surface area contributed by atoms with E-state index in [4.69, 9.17) is 26.2 Å². The molecule has 11 heteroatoms. The van der Waals surface area contributed by atoms with Gasteiger partial charge in [-0.1, -0.05) is 17.7 Å². The molecule has 0 saturated carbocycles. The van der Waals surface area contributed by atoms with Crippen molar-refractivity contribution < 1.29 is 27.4 Å². The fraction of sp³-hybridized carbons (Fsp3) is 0.241. The third-order valence-electron chi connectivity index (χ3n) is 6.79. The van der Waals surface area contributed by atoms with Crippen LogP contribution in [0.2, 0.25) is 5.02 Å². The minimum absolute atomic E-state index is 0.245. The van der Waals surface area contributed by atoms with Gasteiger partial charge in [0.2, 0.25) is 0 Å². The van der Waals surface area contributed by atoms with Gasteiger partial charge >= 0.3 is 6.18 Å². The van der Waals surface area contributed by atoms with Crippen molar-refractivity contribution in [3.8, 4) is 28.4 Å². The number of methoxy groups -OCH3 is 2. The second-order valence-corrected chi connectivity index (χ2v) is 9.63. The molecule has 2 heterocycles. The van der Waals surface area contributed by atoms with Gasteiger partial charge in [0.1, 0.15) is 17.2 Å². The molecule has 1 aliphatic heterocycles. The zero-order chi connectivity index (χ0) is 28.4. The molecule has 4 aromatic rings. The molecular weight excluding hydrogens is 545 g/mol. The van der Waals surface area contributed by atoms with Crippen LogP contribution < -0.4 is 14.4 Å². The molecule has 1 aromatic heterocycles. The van der Waals surface area contributed by atoms with Crippen molar-refractivity contribution in [2.75, 3.05) is 45.3 Å². The Morgan fingerprint density at radius 1 is 0.875 bits per heavy atom. The minimum atomic E-state index is -4.42. The summed E-state index contributed by atoms with van der Waals surface area (Å²) in [7, 11) is 3.11. The minimum Gasteiger partial charge on any atom is -0.497 e. The molecule has 0 spiro atoms. The van der Waals surface area contributed by atoms with Gasteiger partial charge in [-0.3, -0.25) is 4.79 Å². The van der Waals surface area contributed by atoms with Crippen LogP contribution in [-0.4, -0.2) is 61.0 Å². The van der Waals surface area contributed by atoms with Crippen LogP contribution >= 0.6 is 11.6 Å². The average Bonchev–Trinajstić information content (AvgIpc) is 3.41. The Labute approximate surface area is 234 Å². The van der Waals surface area contributed by atoms with Gasteiger partial charge in [-0.15, -0.1) is 0 Å². The van der Waals surface area contributed by atoms with E-state index in [1.165, 1.54) is 6.07 Å². The number of carbonyl (C=O) groups is 1. The van der Waals surface area contributed by atoms with Crippen molar-refractivity contribution >= 4 is 23.2 Å². The predicted octanol–water partition coefficient (Wildman–Crippen LogP) is 6.19. The fourth-order valence-electron chi connectivity index (χ4n) is 4.66. The SMILES string of the molecule is COc1ccc(-c2cc(C(=O)N3CCN(c4cccc(C(F)(F)F)c4)CC3)n(-c3ccc(Cl)cc3)n2)c(OC)c1. The van der Waals surface area contributed by atoms with Crippen LogP contribution in [0, 0.1) is 0 Å². The molecule has 1 amide bonds. The molecular formula is C29H26ClF3N4O3. The number of ether oxygens (including phenoxy) is 2. The fourth-order valence-corrected chi connectivity index (χ4v) is 4.79. The first-order valence-corrected chi connectivity index (χ1v) is 12.9. The number of carbonyl (C=O) groups excluding carboxylic acids is 1. The summed E-state index contributed by atoms with van der Waals surface area (Å²) in [5.41, 5.74) is 1.97. The standard InChI is InChI=1S/C29H26ClF3N4O3/c1-39-23-10-11-24(27(17-23)40-2)25-18-26(37(34-25)21-8-6-20(30)7-9-21)28(38)36-14-12-35(13-15-36)22-5-3-4-19(16-22)29(31,32)33/h3-11,16-18H,12-15H2,1-2H3. The van der Waals surface area contributed by atoms with Crippen molar-refractivity contribution in [1.29, 1.82) is 0 Å². The third-order valence-corrected chi connectivity index (χ3v) is 7.04. The van der Waals surface area contributed by atoms with Crippen molar-refractivity contribution in [2.45, 2.75) is 6.18 Å². The summed E-state index contributed by atoms with van der Waals surface area (Å²) in [6.45, 7) is 1.45. The Kier molecular flexibility index (Phi) is 7.62. The number of alkyl halides is 3. The largest absolute Gasteiger partial charge is 0.497 e. The van der Waals surface area contributed by atoms with E-state index >= 15 is 0 Å². The molecule has 1 saturated heterocycles. The van der Waals surface area contributed by atoms with Crippen LogP contribution in [0.4, 0.5) is 18.9 Å². The molecule has 40 heavy (non-hydrogen) atoms. The molecule has 208 valence electrons. The van der Waals surface area contributed by atoms with Gasteiger partial charge in [-0.25, -0.2) is 4.68 Å². The maximum Gasteiger partial charge on any atom is 0.416 e. The lowest BCUT2D eigenvalue weighted by Gasteiger charge is -2.36. The number of piperazine rings is 1. The Morgan fingerprint density at radius 2 is 1.60 bits per heavy atom. The first kappa shape index (κ1) is 27.4. The molecule has 1 fully saturated rings. The third kappa shape index (κ3) is 5.58. The highest BCUT2D eigenvalue weighted by molar-refractivity contribution is 6.30. The van der Waals surface area contributed by atoms with E-state index in [0.29, 0.717) is 71.0 Å². The zero-order valence-electron chi connectivity index (χ0n) is 21.8. The van der Waals surface area contributed by atoms with E-state index in [9.17, 15) is 18.0 Å². The summed E-state index contributed by atoms with van der Waals surface area (Å²) in [5.74, 6) is 0.909. The lowest BCUT2D eigenvalue weighted by atomic mass is 10.1. The second kappa shape index (κ2) is 11.1. The number of aromatic nitrogens is 2. The Morgan fingerprint density at radius 3 is 2.25 bits per heavy atom. The predicted molar refractivity (Wildman–Crippen MR) is 147 cm³/mol. The molecule has 3 aromatic carbocycles. The first-order chi connectivity index (χ1) is 19.2. The highest BCUT2D eigenvalue weighted by Crippen LogP contribution is 2.35. The number of hydrogen-bond donors (Lipinski definition) is 0. The second-order valence-electron chi connectivity index (χ2n) is 9.20. The summed E-state index contributed by atoms with van der Waals surface area (Å²) in [5, 5.41) is 5.29. The summed E-state index contributed by atoms with van der Waals surface area (Å²) in [4.78, 5) is 17.3. The monoisotopic (exact) mass is 570 g/mol. The average molecular weight is 571 g/mol. The van der Waals surface area contributed by atoms with Crippen LogP contribution in [0.5, 0.6) is 11.5 Å². The number of halogens is 4.